The van der Waals surface area contributed by atoms with E-state index in [0.717, 1.165) is 45.5 Å². The predicted octanol–water partition coefficient (Wildman–Crippen LogP) is 2.68. The highest BCUT2D eigenvalue weighted by Crippen LogP contribution is 2.36. The Labute approximate surface area is 160 Å². The summed E-state index contributed by atoms with van der Waals surface area (Å²) in [5.41, 5.74) is 1.13. The summed E-state index contributed by atoms with van der Waals surface area (Å²) in [6.45, 7) is 4.16. The molecule has 0 aliphatic carbocycles. The third-order valence-electron chi connectivity index (χ3n) is 2.99. The Kier molecular flexibility index (Phi) is 9.42. The first-order valence-electron chi connectivity index (χ1n) is 7.20. The van der Waals surface area contributed by atoms with E-state index in [-0.39, 0.29) is 12.4 Å². The Morgan fingerprint density at radius 2 is 2.17 bits per heavy atom. The first kappa shape index (κ1) is 21.0. The molecule has 0 fully saturated rings. The molecule has 24 heavy (non-hydrogen) atoms. The highest BCUT2D eigenvalue weighted by Gasteiger charge is 2.11. The summed E-state index contributed by atoms with van der Waals surface area (Å²) in [5, 5.41) is 15.6. The van der Waals surface area contributed by atoms with Gasteiger partial charge in [0, 0.05) is 25.9 Å². The topological polar surface area (TPSA) is 74.1 Å². The summed E-state index contributed by atoms with van der Waals surface area (Å²) < 4.78 is 13.5. The molecular formula is C14H21BrClN5O2S. The third kappa shape index (κ3) is 5.80. The summed E-state index contributed by atoms with van der Waals surface area (Å²) in [6, 6.07) is 4.04. The molecule has 0 saturated heterocycles. The summed E-state index contributed by atoms with van der Waals surface area (Å²) in [4.78, 5) is 0. The molecule has 0 spiro atoms. The van der Waals surface area contributed by atoms with Crippen LogP contribution in [0.3, 0.4) is 0 Å². The molecule has 7 nitrogen and oxygen atoms in total. The van der Waals surface area contributed by atoms with E-state index < -0.39 is 0 Å². The van der Waals surface area contributed by atoms with Crippen molar-refractivity contribution in [2.24, 2.45) is 7.05 Å². The maximum absolute atomic E-state index is 5.63. The molecule has 10 heteroatoms. The van der Waals surface area contributed by atoms with E-state index in [1.807, 2.05) is 26.1 Å². The van der Waals surface area contributed by atoms with Gasteiger partial charge in [-0.1, -0.05) is 11.8 Å². The zero-order valence-electron chi connectivity index (χ0n) is 13.8. The lowest BCUT2D eigenvalue weighted by molar-refractivity contribution is 0.309. The largest absolute Gasteiger partial charge is 0.492 e. The van der Waals surface area contributed by atoms with Crippen LogP contribution in [0.1, 0.15) is 12.5 Å². The second kappa shape index (κ2) is 10.8. The van der Waals surface area contributed by atoms with Crippen LogP contribution in [-0.4, -0.2) is 46.2 Å². The van der Waals surface area contributed by atoms with E-state index in [2.05, 4.69) is 36.8 Å². The minimum absolute atomic E-state index is 0. The maximum atomic E-state index is 5.63. The van der Waals surface area contributed by atoms with Crippen molar-refractivity contribution in [1.82, 2.24) is 25.5 Å². The average molecular weight is 439 g/mol. The fraction of sp³-hybridized carbons (Fsp3) is 0.500. The Morgan fingerprint density at radius 1 is 1.38 bits per heavy atom. The highest BCUT2D eigenvalue weighted by molar-refractivity contribution is 9.10. The molecule has 0 bridgehead atoms. The van der Waals surface area contributed by atoms with Crippen LogP contribution in [0.2, 0.25) is 0 Å². The van der Waals surface area contributed by atoms with Crippen LogP contribution in [0.5, 0.6) is 11.5 Å². The molecule has 2 aromatic rings. The molecule has 1 N–H and O–H groups in total. The number of halogens is 2. The number of benzene rings is 1. The predicted molar refractivity (Wildman–Crippen MR) is 100 cm³/mol. The standard InChI is InChI=1S/C14H20BrN5O2S.ClH/c1-4-22-12-8-10(7-11(15)13(12)21-3)9-16-5-6-23-14-17-18-19-20(14)2;/h7-8,16H,4-6,9H2,1-3H3;1H. The number of rotatable bonds is 9. The molecule has 1 aromatic heterocycles. The number of aryl methyl sites for hydroxylation is 1. The average Bonchev–Trinajstić information content (AvgIpc) is 2.92. The highest BCUT2D eigenvalue weighted by atomic mass is 79.9. The lowest BCUT2D eigenvalue weighted by Crippen LogP contribution is -2.17. The molecule has 0 aliphatic rings. The van der Waals surface area contributed by atoms with Gasteiger partial charge in [-0.05, 0) is 51.0 Å². The Morgan fingerprint density at radius 3 is 2.79 bits per heavy atom. The fourth-order valence-electron chi connectivity index (χ4n) is 1.98. The van der Waals surface area contributed by atoms with Crippen LogP contribution in [0, 0.1) is 0 Å². The van der Waals surface area contributed by atoms with Crippen molar-refractivity contribution in [3.05, 3.63) is 22.2 Å². The van der Waals surface area contributed by atoms with Gasteiger partial charge in [0.1, 0.15) is 0 Å². The number of thioether (sulfide) groups is 1. The smallest absolute Gasteiger partial charge is 0.209 e. The second-order valence-corrected chi connectivity index (χ2v) is 6.57. The zero-order valence-corrected chi connectivity index (χ0v) is 17.0. The Balaban J connectivity index is 0.00000288. The van der Waals surface area contributed by atoms with E-state index in [4.69, 9.17) is 9.47 Å². The molecular weight excluding hydrogens is 418 g/mol. The maximum Gasteiger partial charge on any atom is 0.209 e. The van der Waals surface area contributed by atoms with Gasteiger partial charge in [-0.3, -0.25) is 0 Å². The van der Waals surface area contributed by atoms with Crippen molar-refractivity contribution in [2.75, 3.05) is 26.0 Å². The molecule has 0 radical (unpaired) electrons. The van der Waals surface area contributed by atoms with Crippen molar-refractivity contribution in [3.8, 4) is 11.5 Å². The zero-order chi connectivity index (χ0) is 16.7. The molecule has 0 saturated carbocycles. The van der Waals surface area contributed by atoms with Gasteiger partial charge in [0.15, 0.2) is 11.5 Å². The van der Waals surface area contributed by atoms with Gasteiger partial charge in [-0.25, -0.2) is 4.68 Å². The number of nitrogens with zero attached hydrogens (tertiary/aromatic N) is 4. The van der Waals surface area contributed by atoms with E-state index in [9.17, 15) is 0 Å². The lowest BCUT2D eigenvalue weighted by Gasteiger charge is -2.13. The van der Waals surface area contributed by atoms with Crippen molar-refractivity contribution in [2.45, 2.75) is 18.6 Å². The van der Waals surface area contributed by atoms with Gasteiger partial charge in [0.05, 0.1) is 18.2 Å². The summed E-state index contributed by atoms with van der Waals surface area (Å²) in [5.74, 6) is 2.37. The first-order chi connectivity index (χ1) is 11.2. The molecule has 134 valence electrons. The van der Waals surface area contributed by atoms with Crippen LogP contribution in [0.15, 0.2) is 21.8 Å². The van der Waals surface area contributed by atoms with E-state index in [1.54, 1.807) is 23.6 Å². The van der Waals surface area contributed by atoms with Crippen LogP contribution in [-0.2, 0) is 13.6 Å². The fourth-order valence-corrected chi connectivity index (χ4v) is 3.37. The quantitative estimate of drug-likeness (QED) is 0.476. The number of hydrogen-bond donors (Lipinski definition) is 1. The third-order valence-corrected chi connectivity index (χ3v) is 4.60. The molecule has 2 rings (SSSR count). The minimum Gasteiger partial charge on any atom is -0.492 e. The van der Waals surface area contributed by atoms with Crippen LogP contribution in [0.4, 0.5) is 0 Å². The molecule has 0 unspecified atom stereocenters. The number of ether oxygens (including phenoxy) is 2. The lowest BCUT2D eigenvalue weighted by atomic mass is 10.2. The normalized spacial score (nSPS) is 10.3. The monoisotopic (exact) mass is 437 g/mol. The van der Waals surface area contributed by atoms with Crippen molar-refractivity contribution in [1.29, 1.82) is 0 Å². The summed E-state index contributed by atoms with van der Waals surface area (Å²) in [6.07, 6.45) is 0. The molecule has 0 atom stereocenters. The van der Waals surface area contributed by atoms with Crippen molar-refractivity contribution in [3.63, 3.8) is 0 Å². The second-order valence-electron chi connectivity index (χ2n) is 4.65. The molecule has 1 heterocycles. The van der Waals surface area contributed by atoms with Gasteiger partial charge < -0.3 is 14.8 Å². The van der Waals surface area contributed by atoms with Crippen LogP contribution in [0.25, 0.3) is 0 Å². The molecule has 1 aromatic carbocycles. The molecule has 0 aliphatic heterocycles. The van der Waals surface area contributed by atoms with Gasteiger partial charge in [0.25, 0.3) is 0 Å². The Bertz CT molecular complexity index is 644. The van der Waals surface area contributed by atoms with Crippen LogP contribution >= 0.6 is 40.1 Å². The van der Waals surface area contributed by atoms with E-state index >= 15 is 0 Å². The van der Waals surface area contributed by atoms with Crippen molar-refractivity contribution < 1.29 is 9.47 Å². The first-order valence-corrected chi connectivity index (χ1v) is 8.98. The number of nitrogens with one attached hydrogen (secondary N) is 1. The SMILES string of the molecule is CCOc1cc(CNCCSc2nnnn2C)cc(Br)c1OC.Cl. The van der Waals surface area contributed by atoms with Crippen molar-refractivity contribution >= 4 is 40.1 Å². The Hall–Kier alpha value is -1.03. The van der Waals surface area contributed by atoms with E-state index in [0.29, 0.717) is 6.61 Å². The molecule has 0 amide bonds. The summed E-state index contributed by atoms with van der Waals surface area (Å²) in [7, 11) is 3.47. The minimum atomic E-state index is 0. The number of tetrazole rings is 1. The van der Waals surface area contributed by atoms with Gasteiger partial charge in [-0.2, -0.15) is 0 Å². The number of aromatic nitrogens is 4. The van der Waals surface area contributed by atoms with Gasteiger partial charge >= 0.3 is 0 Å². The summed E-state index contributed by atoms with van der Waals surface area (Å²) >= 11 is 5.14. The van der Waals surface area contributed by atoms with Gasteiger partial charge in [0.2, 0.25) is 5.16 Å². The number of methoxy groups -OCH3 is 1. The van der Waals surface area contributed by atoms with Crippen LogP contribution < -0.4 is 14.8 Å². The number of hydrogen-bond acceptors (Lipinski definition) is 7. The van der Waals surface area contributed by atoms with Gasteiger partial charge in [-0.15, -0.1) is 17.5 Å². The van der Waals surface area contributed by atoms with E-state index in [1.165, 1.54) is 0 Å².